The molecule has 3 heteroatoms. The van der Waals surface area contributed by atoms with E-state index < -0.39 is 6.10 Å². The quantitative estimate of drug-likeness (QED) is 0.858. The second-order valence-electron chi connectivity index (χ2n) is 2.94. The fraction of sp³-hybridized carbons (Fsp3) is 0.400. The Morgan fingerprint density at radius 1 is 1.38 bits per heavy atom. The van der Waals surface area contributed by atoms with Gasteiger partial charge in [-0.3, -0.25) is 0 Å². The Hall–Kier alpha value is -0.130. The van der Waals surface area contributed by atoms with Gasteiger partial charge in [0.25, 0.3) is 0 Å². The molecule has 0 aliphatic carbocycles. The van der Waals surface area contributed by atoms with E-state index in [1.54, 1.807) is 7.11 Å². The van der Waals surface area contributed by atoms with Gasteiger partial charge in [0.1, 0.15) is 0 Å². The molecule has 0 aromatic heterocycles. The number of ether oxygens (including phenoxy) is 1. The normalized spacial score (nSPS) is 12.8. The predicted octanol–water partition coefficient (Wildman–Crippen LogP) is 1.84. The summed E-state index contributed by atoms with van der Waals surface area (Å²) in [5, 5.41) is 9.45. The largest absolute Gasteiger partial charge is 0.390 e. The molecular weight excluding hydrogens is 279 g/mol. The van der Waals surface area contributed by atoms with Crippen LogP contribution in [0.4, 0.5) is 0 Å². The van der Waals surface area contributed by atoms with Gasteiger partial charge in [0, 0.05) is 17.1 Å². The molecule has 72 valence electrons. The van der Waals surface area contributed by atoms with Crippen molar-refractivity contribution in [1.82, 2.24) is 0 Å². The monoisotopic (exact) mass is 292 g/mol. The van der Waals surface area contributed by atoms with E-state index in [1.807, 2.05) is 24.3 Å². The SMILES string of the molecule is COCC(O)Cc1ccc(I)cc1. The zero-order chi connectivity index (χ0) is 9.68. The summed E-state index contributed by atoms with van der Waals surface area (Å²) in [5.41, 5.74) is 1.14. The van der Waals surface area contributed by atoms with Crippen molar-refractivity contribution in [3.63, 3.8) is 0 Å². The average molecular weight is 292 g/mol. The highest BCUT2D eigenvalue weighted by atomic mass is 127. The summed E-state index contributed by atoms with van der Waals surface area (Å²) >= 11 is 2.26. The number of aliphatic hydroxyl groups is 1. The lowest BCUT2D eigenvalue weighted by molar-refractivity contribution is 0.0650. The number of aliphatic hydroxyl groups excluding tert-OH is 1. The predicted molar refractivity (Wildman–Crippen MR) is 60.7 cm³/mol. The third-order valence-corrected chi connectivity index (χ3v) is 2.46. The molecule has 0 saturated carbocycles. The van der Waals surface area contributed by atoms with Gasteiger partial charge in [-0.25, -0.2) is 0 Å². The minimum absolute atomic E-state index is 0.395. The first-order chi connectivity index (χ1) is 6.22. The maximum Gasteiger partial charge on any atom is 0.0813 e. The second kappa shape index (κ2) is 5.57. The lowest BCUT2D eigenvalue weighted by atomic mass is 10.1. The molecule has 2 nitrogen and oxygen atoms in total. The molecule has 1 unspecified atom stereocenters. The van der Waals surface area contributed by atoms with Crippen molar-refractivity contribution < 1.29 is 9.84 Å². The molecule has 0 radical (unpaired) electrons. The number of halogens is 1. The molecule has 0 bridgehead atoms. The van der Waals surface area contributed by atoms with Gasteiger partial charge in [0.15, 0.2) is 0 Å². The van der Waals surface area contributed by atoms with Crippen LogP contribution in [-0.2, 0) is 11.2 Å². The number of hydrogen-bond donors (Lipinski definition) is 1. The van der Waals surface area contributed by atoms with Gasteiger partial charge in [-0.05, 0) is 40.3 Å². The van der Waals surface area contributed by atoms with E-state index in [4.69, 9.17) is 4.74 Å². The van der Waals surface area contributed by atoms with Crippen LogP contribution in [0.5, 0.6) is 0 Å². The number of rotatable bonds is 4. The van der Waals surface area contributed by atoms with Crippen molar-refractivity contribution in [2.45, 2.75) is 12.5 Å². The maximum absolute atomic E-state index is 9.45. The van der Waals surface area contributed by atoms with Crippen LogP contribution in [0.2, 0.25) is 0 Å². The summed E-state index contributed by atoms with van der Waals surface area (Å²) in [5.74, 6) is 0. The molecule has 1 rings (SSSR count). The van der Waals surface area contributed by atoms with Crippen LogP contribution in [0.1, 0.15) is 5.56 Å². The average Bonchev–Trinajstić information content (AvgIpc) is 2.09. The summed E-state index contributed by atoms with van der Waals surface area (Å²) in [4.78, 5) is 0. The maximum atomic E-state index is 9.45. The van der Waals surface area contributed by atoms with Gasteiger partial charge in [0.05, 0.1) is 12.7 Å². The molecule has 0 amide bonds. The number of methoxy groups -OCH3 is 1. The van der Waals surface area contributed by atoms with Crippen molar-refractivity contribution in [2.75, 3.05) is 13.7 Å². The fourth-order valence-corrected chi connectivity index (χ4v) is 1.50. The number of hydrogen-bond acceptors (Lipinski definition) is 2. The Labute approximate surface area is 92.1 Å². The van der Waals surface area contributed by atoms with Crippen molar-refractivity contribution >= 4 is 22.6 Å². The standard InChI is InChI=1S/C10H13IO2/c1-13-7-10(12)6-8-2-4-9(11)5-3-8/h2-5,10,12H,6-7H2,1H3. The Morgan fingerprint density at radius 3 is 2.54 bits per heavy atom. The van der Waals surface area contributed by atoms with Gasteiger partial charge in [0.2, 0.25) is 0 Å². The summed E-state index contributed by atoms with van der Waals surface area (Å²) in [6.45, 7) is 0.395. The van der Waals surface area contributed by atoms with Crippen molar-refractivity contribution in [1.29, 1.82) is 0 Å². The number of benzene rings is 1. The first-order valence-electron chi connectivity index (χ1n) is 4.14. The molecule has 1 aromatic rings. The van der Waals surface area contributed by atoms with Gasteiger partial charge in [-0.1, -0.05) is 12.1 Å². The van der Waals surface area contributed by atoms with E-state index in [2.05, 4.69) is 22.6 Å². The smallest absolute Gasteiger partial charge is 0.0813 e. The Morgan fingerprint density at radius 2 is 2.00 bits per heavy atom. The van der Waals surface area contributed by atoms with Crippen LogP contribution in [0.3, 0.4) is 0 Å². The molecule has 0 aliphatic heterocycles. The lowest BCUT2D eigenvalue weighted by Gasteiger charge is -2.08. The summed E-state index contributed by atoms with van der Waals surface area (Å²) in [7, 11) is 1.59. The van der Waals surface area contributed by atoms with Gasteiger partial charge in [-0.2, -0.15) is 0 Å². The van der Waals surface area contributed by atoms with Crippen LogP contribution < -0.4 is 0 Å². The molecule has 0 fully saturated rings. The highest BCUT2D eigenvalue weighted by Gasteiger charge is 2.03. The molecule has 1 aromatic carbocycles. The highest BCUT2D eigenvalue weighted by Crippen LogP contribution is 2.08. The van der Waals surface area contributed by atoms with Gasteiger partial charge >= 0.3 is 0 Å². The highest BCUT2D eigenvalue weighted by molar-refractivity contribution is 14.1. The summed E-state index contributed by atoms with van der Waals surface area (Å²) in [6.07, 6.45) is 0.259. The third kappa shape index (κ3) is 4.06. The van der Waals surface area contributed by atoms with Crippen molar-refractivity contribution in [3.05, 3.63) is 33.4 Å². The Bertz CT molecular complexity index is 246. The topological polar surface area (TPSA) is 29.5 Å². The van der Waals surface area contributed by atoms with E-state index in [0.717, 1.165) is 5.56 Å². The van der Waals surface area contributed by atoms with Crippen molar-refractivity contribution in [2.24, 2.45) is 0 Å². The molecular formula is C10H13IO2. The molecule has 13 heavy (non-hydrogen) atoms. The van der Waals surface area contributed by atoms with Crippen LogP contribution in [0.15, 0.2) is 24.3 Å². The molecule has 1 N–H and O–H groups in total. The third-order valence-electron chi connectivity index (χ3n) is 1.74. The zero-order valence-electron chi connectivity index (χ0n) is 7.53. The molecule has 0 spiro atoms. The summed E-state index contributed by atoms with van der Waals surface area (Å²) in [6, 6.07) is 8.13. The molecule has 1 atom stereocenters. The van der Waals surface area contributed by atoms with E-state index in [-0.39, 0.29) is 0 Å². The van der Waals surface area contributed by atoms with Gasteiger partial charge in [-0.15, -0.1) is 0 Å². The summed E-state index contributed by atoms with van der Waals surface area (Å²) < 4.78 is 6.06. The lowest BCUT2D eigenvalue weighted by Crippen LogP contribution is -2.16. The Kier molecular flexibility index (Phi) is 4.69. The minimum atomic E-state index is -0.398. The second-order valence-corrected chi connectivity index (χ2v) is 4.19. The van der Waals surface area contributed by atoms with E-state index >= 15 is 0 Å². The fourth-order valence-electron chi connectivity index (χ4n) is 1.14. The van der Waals surface area contributed by atoms with Crippen LogP contribution in [0.25, 0.3) is 0 Å². The van der Waals surface area contributed by atoms with E-state index in [1.165, 1.54) is 3.57 Å². The van der Waals surface area contributed by atoms with Crippen LogP contribution >= 0.6 is 22.6 Å². The molecule has 0 aliphatic rings. The van der Waals surface area contributed by atoms with Crippen LogP contribution in [0, 0.1) is 3.57 Å². The van der Waals surface area contributed by atoms with Crippen molar-refractivity contribution in [3.8, 4) is 0 Å². The minimum Gasteiger partial charge on any atom is -0.390 e. The molecule has 0 saturated heterocycles. The first-order valence-corrected chi connectivity index (χ1v) is 5.21. The first kappa shape index (κ1) is 10.9. The zero-order valence-corrected chi connectivity index (χ0v) is 9.69. The Balaban J connectivity index is 2.49. The van der Waals surface area contributed by atoms with E-state index in [9.17, 15) is 5.11 Å². The van der Waals surface area contributed by atoms with Crippen LogP contribution in [-0.4, -0.2) is 24.9 Å². The van der Waals surface area contributed by atoms with Gasteiger partial charge < -0.3 is 9.84 Å². The van der Waals surface area contributed by atoms with E-state index in [0.29, 0.717) is 13.0 Å². The molecule has 0 heterocycles.